The number of rotatable bonds is 4. The average Bonchev–Trinajstić information content (AvgIpc) is 2.46. The number of methoxy groups -OCH3 is 1. The summed E-state index contributed by atoms with van der Waals surface area (Å²) in [4.78, 5) is 0. The van der Waals surface area contributed by atoms with Crippen LogP contribution in [-0.2, 0) is 6.42 Å². The first-order valence-electron chi connectivity index (χ1n) is 6.73. The van der Waals surface area contributed by atoms with Crippen LogP contribution in [0.15, 0.2) is 42.5 Å². The van der Waals surface area contributed by atoms with E-state index >= 15 is 0 Å². The van der Waals surface area contributed by atoms with Gasteiger partial charge in [-0.05, 0) is 43.0 Å². The molecule has 0 saturated heterocycles. The zero-order valence-electron chi connectivity index (χ0n) is 12.2. The smallest absolute Gasteiger partial charge is 0.121 e. The van der Waals surface area contributed by atoms with Crippen molar-refractivity contribution in [2.24, 2.45) is 0 Å². The van der Waals surface area contributed by atoms with Gasteiger partial charge in [0.1, 0.15) is 5.75 Å². The molecule has 0 amide bonds. The molecule has 1 unspecified atom stereocenters. The van der Waals surface area contributed by atoms with Crippen molar-refractivity contribution < 1.29 is 4.74 Å². The fourth-order valence-corrected chi connectivity index (χ4v) is 2.32. The normalized spacial score (nSPS) is 11.7. The number of nitriles is 1. The zero-order chi connectivity index (χ0) is 14.5. The van der Waals surface area contributed by atoms with Crippen LogP contribution in [0.1, 0.15) is 28.2 Å². The molecule has 2 aromatic rings. The summed E-state index contributed by atoms with van der Waals surface area (Å²) >= 11 is 0. The minimum atomic E-state index is -0.123. The lowest BCUT2D eigenvalue weighted by Gasteiger charge is -2.12. The van der Waals surface area contributed by atoms with Gasteiger partial charge in [-0.1, -0.05) is 42.0 Å². The molecule has 0 N–H and O–H groups in total. The minimum absolute atomic E-state index is 0.123. The van der Waals surface area contributed by atoms with E-state index in [9.17, 15) is 5.26 Å². The van der Waals surface area contributed by atoms with Gasteiger partial charge in [0, 0.05) is 0 Å². The van der Waals surface area contributed by atoms with Gasteiger partial charge in [0.05, 0.1) is 19.1 Å². The first-order chi connectivity index (χ1) is 9.63. The van der Waals surface area contributed by atoms with Gasteiger partial charge in [-0.3, -0.25) is 0 Å². The van der Waals surface area contributed by atoms with Gasteiger partial charge in [-0.25, -0.2) is 0 Å². The van der Waals surface area contributed by atoms with Crippen molar-refractivity contribution in [2.75, 3.05) is 7.11 Å². The lowest BCUT2D eigenvalue weighted by molar-refractivity contribution is 0.411. The third kappa shape index (κ3) is 3.19. The Morgan fingerprint density at radius 2 is 1.80 bits per heavy atom. The second-order valence-electron chi connectivity index (χ2n) is 5.10. The van der Waals surface area contributed by atoms with Gasteiger partial charge in [-0.2, -0.15) is 5.26 Å². The van der Waals surface area contributed by atoms with Crippen LogP contribution >= 0.6 is 0 Å². The highest BCUT2D eigenvalue weighted by Gasteiger charge is 2.13. The Balaban J connectivity index is 2.22. The summed E-state index contributed by atoms with van der Waals surface area (Å²) in [6.45, 7) is 4.07. The average molecular weight is 265 g/mol. The van der Waals surface area contributed by atoms with E-state index in [1.165, 1.54) is 11.1 Å². The van der Waals surface area contributed by atoms with Gasteiger partial charge in [0.2, 0.25) is 0 Å². The molecule has 0 aromatic heterocycles. The molecule has 20 heavy (non-hydrogen) atoms. The maximum atomic E-state index is 9.43. The van der Waals surface area contributed by atoms with Crippen molar-refractivity contribution in [3.8, 4) is 11.8 Å². The predicted molar refractivity (Wildman–Crippen MR) is 81.0 cm³/mol. The van der Waals surface area contributed by atoms with Crippen molar-refractivity contribution in [1.29, 1.82) is 5.26 Å². The Bertz CT molecular complexity index is 623. The molecule has 2 rings (SSSR count). The Labute approximate surface area is 120 Å². The first-order valence-corrected chi connectivity index (χ1v) is 6.73. The molecule has 0 aliphatic heterocycles. The Morgan fingerprint density at radius 3 is 2.35 bits per heavy atom. The minimum Gasteiger partial charge on any atom is -0.496 e. The molecule has 0 saturated carbocycles. The van der Waals surface area contributed by atoms with Crippen molar-refractivity contribution in [2.45, 2.75) is 26.2 Å². The fourth-order valence-electron chi connectivity index (χ4n) is 2.32. The molecular weight excluding hydrogens is 246 g/mol. The second kappa shape index (κ2) is 6.25. The molecule has 0 heterocycles. The Hall–Kier alpha value is -2.27. The van der Waals surface area contributed by atoms with Crippen molar-refractivity contribution in [1.82, 2.24) is 0 Å². The summed E-state index contributed by atoms with van der Waals surface area (Å²) in [6.07, 6.45) is 0.739. The molecular formula is C18H19NO. The van der Waals surface area contributed by atoms with Gasteiger partial charge in [0.15, 0.2) is 0 Å². The molecule has 2 nitrogen and oxygen atoms in total. The number of nitrogens with zero attached hydrogens (tertiary/aromatic N) is 1. The van der Waals surface area contributed by atoms with Gasteiger partial charge in [0.25, 0.3) is 0 Å². The van der Waals surface area contributed by atoms with E-state index in [4.69, 9.17) is 4.74 Å². The number of hydrogen-bond acceptors (Lipinski definition) is 2. The lowest BCUT2D eigenvalue weighted by Crippen LogP contribution is -2.01. The quantitative estimate of drug-likeness (QED) is 0.831. The van der Waals surface area contributed by atoms with Gasteiger partial charge in [-0.15, -0.1) is 0 Å². The zero-order valence-corrected chi connectivity index (χ0v) is 12.2. The molecule has 2 aromatic carbocycles. The third-order valence-corrected chi connectivity index (χ3v) is 3.54. The van der Waals surface area contributed by atoms with Gasteiger partial charge >= 0.3 is 0 Å². The maximum Gasteiger partial charge on any atom is 0.121 e. The van der Waals surface area contributed by atoms with Crippen LogP contribution in [0.25, 0.3) is 0 Å². The molecule has 0 bridgehead atoms. The van der Waals surface area contributed by atoms with Crippen LogP contribution in [0.3, 0.4) is 0 Å². The van der Waals surface area contributed by atoms with E-state index in [1.54, 1.807) is 7.11 Å². The highest BCUT2D eigenvalue weighted by molar-refractivity contribution is 5.40. The summed E-state index contributed by atoms with van der Waals surface area (Å²) in [5.41, 5.74) is 4.54. The van der Waals surface area contributed by atoms with Crippen LogP contribution in [0.4, 0.5) is 0 Å². The van der Waals surface area contributed by atoms with E-state index in [2.05, 4.69) is 37.3 Å². The Morgan fingerprint density at radius 1 is 1.10 bits per heavy atom. The topological polar surface area (TPSA) is 33.0 Å². The largest absolute Gasteiger partial charge is 0.496 e. The highest BCUT2D eigenvalue weighted by atomic mass is 16.5. The summed E-state index contributed by atoms with van der Waals surface area (Å²) in [5, 5.41) is 9.43. The molecule has 102 valence electrons. The number of benzene rings is 2. The van der Waals surface area contributed by atoms with Crippen molar-refractivity contribution in [3.63, 3.8) is 0 Å². The van der Waals surface area contributed by atoms with Crippen LogP contribution in [-0.4, -0.2) is 7.11 Å². The number of ether oxygens (including phenoxy) is 1. The molecule has 0 aliphatic carbocycles. The van der Waals surface area contributed by atoms with Crippen LogP contribution in [0.5, 0.6) is 5.75 Å². The van der Waals surface area contributed by atoms with E-state index in [1.807, 2.05) is 25.1 Å². The highest BCUT2D eigenvalue weighted by Crippen LogP contribution is 2.26. The maximum absolute atomic E-state index is 9.43. The van der Waals surface area contributed by atoms with E-state index in [0.29, 0.717) is 0 Å². The standard InChI is InChI=1S/C18H19NO/c1-13-4-6-15(7-5-13)11-17(12-19)16-8-9-18(20-3)14(2)10-16/h4-10,17H,11H2,1-3H3. The van der Waals surface area contributed by atoms with Crippen LogP contribution < -0.4 is 4.74 Å². The van der Waals surface area contributed by atoms with E-state index < -0.39 is 0 Å². The van der Waals surface area contributed by atoms with Crippen LogP contribution in [0.2, 0.25) is 0 Å². The summed E-state index contributed by atoms with van der Waals surface area (Å²) in [7, 11) is 1.66. The molecule has 0 fully saturated rings. The molecule has 2 heteroatoms. The SMILES string of the molecule is COc1ccc(C(C#N)Cc2ccc(C)cc2)cc1C. The molecule has 0 spiro atoms. The summed E-state index contributed by atoms with van der Waals surface area (Å²) in [5.74, 6) is 0.739. The number of hydrogen-bond donors (Lipinski definition) is 0. The number of aryl methyl sites for hydroxylation is 2. The van der Waals surface area contributed by atoms with Gasteiger partial charge < -0.3 is 4.74 Å². The Kier molecular flexibility index (Phi) is 4.42. The monoisotopic (exact) mass is 265 g/mol. The lowest BCUT2D eigenvalue weighted by atomic mass is 9.92. The third-order valence-electron chi connectivity index (χ3n) is 3.54. The van der Waals surface area contributed by atoms with E-state index in [0.717, 1.165) is 23.3 Å². The molecule has 0 aliphatic rings. The van der Waals surface area contributed by atoms with Crippen LogP contribution in [0, 0.1) is 25.2 Å². The first kappa shape index (κ1) is 14.1. The summed E-state index contributed by atoms with van der Waals surface area (Å²) in [6, 6.07) is 16.7. The molecule has 0 radical (unpaired) electrons. The fraction of sp³-hybridized carbons (Fsp3) is 0.278. The van der Waals surface area contributed by atoms with E-state index in [-0.39, 0.29) is 5.92 Å². The second-order valence-corrected chi connectivity index (χ2v) is 5.10. The van der Waals surface area contributed by atoms with Crippen molar-refractivity contribution in [3.05, 3.63) is 64.7 Å². The predicted octanol–water partition coefficient (Wildman–Crippen LogP) is 4.16. The molecule has 1 atom stereocenters. The summed E-state index contributed by atoms with van der Waals surface area (Å²) < 4.78 is 5.26. The van der Waals surface area contributed by atoms with Crippen molar-refractivity contribution >= 4 is 0 Å².